The zero-order chi connectivity index (χ0) is 13.4. The number of carbonyl (C=O) groups excluding carboxylic acids is 2. The molecule has 1 aromatic carbocycles. The fourth-order valence-corrected chi connectivity index (χ4v) is 1.48. The highest BCUT2D eigenvalue weighted by Gasteiger charge is 2.07. The molecule has 0 aliphatic heterocycles. The van der Waals surface area contributed by atoms with Gasteiger partial charge < -0.3 is 16.4 Å². The standard InChI is InChI=1S/C13H19N3O2.ClH/c1-2-6-15-7-8-16-13(18)11-5-3-4-10(9-11)12(14)17;/h3-5,9,15H,2,6-8H2,1H3,(H2,14,17)(H,16,18);1H. The van der Waals surface area contributed by atoms with Gasteiger partial charge in [-0.25, -0.2) is 0 Å². The molecule has 0 aromatic heterocycles. The molecule has 0 aliphatic carbocycles. The maximum absolute atomic E-state index is 11.8. The van der Waals surface area contributed by atoms with Gasteiger partial charge in [-0.1, -0.05) is 13.0 Å². The Morgan fingerprint density at radius 1 is 1.16 bits per heavy atom. The van der Waals surface area contributed by atoms with Crippen LogP contribution in [0.15, 0.2) is 24.3 Å². The third kappa shape index (κ3) is 6.22. The molecule has 5 nitrogen and oxygen atoms in total. The van der Waals surface area contributed by atoms with Gasteiger partial charge in [0.1, 0.15) is 0 Å². The number of amides is 2. The number of nitrogens with two attached hydrogens (primary N) is 1. The molecular weight excluding hydrogens is 266 g/mol. The van der Waals surface area contributed by atoms with Gasteiger partial charge in [-0.15, -0.1) is 12.4 Å². The lowest BCUT2D eigenvalue weighted by Crippen LogP contribution is -2.32. The van der Waals surface area contributed by atoms with Crippen LogP contribution < -0.4 is 16.4 Å². The van der Waals surface area contributed by atoms with Gasteiger partial charge in [-0.05, 0) is 31.2 Å². The topological polar surface area (TPSA) is 84.2 Å². The summed E-state index contributed by atoms with van der Waals surface area (Å²) in [5, 5.41) is 5.95. The van der Waals surface area contributed by atoms with Crippen molar-refractivity contribution in [3.8, 4) is 0 Å². The molecule has 2 amide bonds. The Bertz CT molecular complexity index is 424. The van der Waals surface area contributed by atoms with E-state index in [1.165, 1.54) is 6.07 Å². The Hall–Kier alpha value is -1.59. The molecule has 0 saturated carbocycles. The summed E-state index contributed by atoms with van der Waals surface area (Å²) >= 11 is 0. The van der Waals surface area contributed by atoms with E-state index in [4.69, 9.17) is 5.73 Å². The van der Waals surface area contributed by atoms with Crippen LogP contribution >= 0.6 is 12.4 Å². The van der Waals surface area contributed by atoms with Crippen molar-refractivity contribution in [3.05, 3.63) is 35.4 Å². The summed E-state index contributed by atoms with van der Waals surface area (Å²) in [7, 11) is 0. The maximum atomic E-state index is 11.8. The fraction of sp³-hybridized carbons (Fsp3) is 0.385. The third-order valence-electron chi connectivity index (χ3n) is 2.42. The summed E-state index contributed by atoms with van der Waals surface area (Å²) in [6.45, 7) is 4.31. The number of rotatable bonds is 7. The monoisotopic (exact) mass is 285 g/mol. The Morgan fingerprint density at radius 3 is 2.47 bits per heavy atom. The number of hydrogen-bond donors (Lipinski definition) is 3. The van der Waals surface area contributed by atoms with Gasteiger partial charge in [-0.2, -0.15) is 0 Å². The van der Waals surface area contributed by atoms with E-state index in [0.717, 1.165) is 19.5 Å². The van der Waals surface area contributed by atoms with Gasteiger partial charge in [0.25, 0.3) is 5.91 Å². The largest absolute Gasteiger partial charge is 0.366 e. The van der Waals surface area contributed by atoms with Crippen LogP contribution in [0.4, 0.5) is 0 Å². The first-order valence-corrected chi connectivity index (χ1v) is 6.04. The lowest BCUT2D eigenvalue weighted by atomic mass is 10.1. The van der Waals surface area contributed by atoms with E-state index in [9.17, 15) is 9.59 Å². The Kier molecular flexibility index (Phi) is 8.57. The van der Waals surface area contributed by atoms with Crippen LogP contribution in [0, 0.1) is 0 Å². The summed E-state index contributed by atoms with van der Waals surface area (Å²) in [6, 6.07) is 6.38. The van der Waals surface area contributed by atoms with E-state index in [0.29, 0.717) is 17.7 Å². The molecule has 4 N–H and O–H groups in total. The summed E-state index contributed by atoms with van der Waals surface area (Å²) in [6.07, 6.45) is 1.06. The van der Waals surface area contributed by atoms with Crippen molar-refractivity contribution in [1.82, 2.24) is 10.6 Å². The van der Waals surface area contributed by atoms with Crippen LogP contribution in [0.25, 0.3) is 0 Å². The van der Waals surface area contributed by atoms with E-state index in [-0.39, 0.29) is 18.3 Å². The minimum absolute atomic E-state index is 0. The number of benzene rings is 1. The first-order chi connectivity index (χ1) is 8.65. The second kappa shape index (κ2) is 9.35. The first kappa shape index (κ1) is 17.4. The summed E-state index contributed by atoms with van der Waals surface area (Å²) in [5.74, 6) is -0.731. The number of hydrogen-bond acceptors (Lipinski definition) is 3. The molecule has 19 heavy (non-hydrogen) atoms. The second-order valence-corrected chi connectivity index (χ2v) is 3.95. The number of carbonyl (C=O) groups is 2. The van der Waals surface area contributed by atoms with E-state index in [2.05, 4.69) is 17.6 Å². The Morgan fingerprint density at radius 2 is 1.84 bits per heavy atom. The molecule has 6 heteroatoms. The van der Waals surface area contributed by atoms with Crippen molar-refractivity contribution >= 4 is 24.2 Å². The van der Waals surface area contributed by atoms with Crippen molar-refractivity contribution in [3.63, 3.8) is 0 Å². The van der Waals surface area contributed by atoms with Gasteiger partial charge >= 0.3 is 0 Å². The highest BCUT2D eigenvalue weighted by Crippen LogP contribution is 2.04. The van der Waals surface area contributed by atoms with E-state index >= 15 is 0 Å². The predicted octanol–water partition coefficient (Wildman–Crippen LogP) is 0.937. The van der Waals surface area contributed by atoms with Crippen LogP contribution in [0.5, 0.6) is 0 Å². The summed E-state index contributed by atoms with van der Waals surface area (Å²) < 4.78 is 0. The van der Waals surface area contributed by atoms with Crippen molar-refractivity contribution < 1.29 is 9.59 Å². The van der Waals surface area contributed by atoms with Crippen LogP contribution in [-0.2, 0) is 0 Å². The van der Waals surface area contributed by atoms with Gasteiger partial charge in [-0.3, -0.25) is 9.59 Å². The number of halogens is 1. The normalized spacial score (nSPS) is 9.53. The van der Waals surface area contributed by atoms with Crippen molar-refractivity contribution in [2.24, 2.45) is 5.73 Å². The van der Waals surface area contributed by atoms with Crippen LogP contribution in [0.1, 0.15) is 34.1 Å². The first-order valence-electron chi connectivity index (χ1n) is 6.04. The summed E-state index contributed by atoms with van der Waals surface area (Å²) in [4.78, 5) is 22.7. The quantitative estimate of drug-likeness (QED) is 0.652. The van der Waals surface area contributed by atoms with Gasteiger partial charge in [0.05, 0.1) is 0 Å². The highest BCUT2D eigenvalue weighted by molar-refractivity contribution is 5.99. The molecule has 0 fully saturated rings. The van der Waals surface area contributed by atoms with E-state index < -0.39 is 5.91 Å². The molecule has 0 saturated heterocycles. The molecule has 0 atom stereocenters. The lowest BCUT2D eigenvalue weighted by Gasteiger charge is -2.06. The Labute approximate surface area is 119 Å². The fourth-order valence-electron chi connectivity index (χ4n) is 1.48. The average Bonchev–Trinajstić information content (AvgIpc) is 2.38. The molecule has 0 unspecified atom stereocenters. The van der Waals surface area contributed by atoms with Crippen molar-refractivity contribution in [1.29, 1.82) is 0 Å². The zero-order valence-electron chi connectivity index (χ0n) is 10.9. The molecule has 0 radical (unpaired) electrons. The van der Waals surface area contributed by atoms with Gasteiger partial charge in [0.2, 0.25) is 5.91 Å². The Balaban J connectivity index is 0.00000324. The third-order valence-corrected chi connectivity index (χ3v) is 2.42. The SMILES string of the molecule is CCCNCCNC(=O)c1cccc(C(N)=O)c1.Cl. The molecule has 0 heterocycles. The molecule has 0 bridgehead atoms. The van der Waals surface area contributed by atoms with E-state index in [1.54, 1.807) is 18.2 Å². The minimum Gasteiger partial charge on any atom is -0.366 e. The van der Waals surface area contributed by atoms with E-state index in [1.807, 2.05) is 0 Å². The van der Waals surface area contributed by atoms with Crippen molar-refractivity contribution in [2.75, 3.05) is 19.6 Å². The molecule has 1 rings (SSSR count). The number of nitrogens with one attached hydrogen (secondary N) is 2. The molecule has 0 aliphatic rings. The second-order valence-electron chi connectivity index (χ2n) is 3.95. The van der Waals surface area contributed by atoms with Gasteiger partial charge in [0, 0.05) is 24.2 Å². The molecule has 1 aromatic rings. The lowest BCUT2D eigenvalue weighted by molar-refractivity contribution is 0.0954. The molecule has 0 spiro atoms. The predicted molar refractivity (Wildman–Crippen MR) is 77.7 cm³/mol. The average molecular weight is 286 g/mol. The maximum Gasteiger partial charge on any atom is 0.251 e. The summed E-state index contributed by atoms with van der Waals surface area (Å²) in [5.41, 5.74) is 5.94. The minimum atomic E-state index is -0.533. The molecular formula is C13H20ClN3O2. The number of primary amides is 1. The van der Waals surface area contributed by atoms with Crippen LogP contribution in [-0.4, -0.2) is 31.4 Å². The van der Waals surface area contributed by atoms with Crippen molar-refractivity contribution in [2.45, 2.75) is 13.3 Å². The van der Waals surface area contributed by atoms with Crippen LogP contribution in [0.3, 0.4) is 0 Å². The van der Waals surface area contributed by atoms with Gasteiger partial charge in [0.15, 0.2) is 0 Å². The smallest absolute Gasteiger partial charge is 0.251 e. The van der Waals surface area contributed by atoms with Crippen LogP contribution in [0.2, 0.25) is 0 Å². The zero-order valence-corrected chi connectivity index (χ0v) is 11.8. The molecule has 106 valence electrons. The highest BCUT2D eigenvalue weighted by atomic mass is 35.5.